The van der Waals surface area contributed by atoms with E-state index in [9.17, 15) is 4.79 Å². The summed E-state index contributed by atoms with van der Waals surface area (Å²) in [5.74, 6) is 1.16. The van der Waals surface area contributed by atoms with Crippen LogP contribution in [0, 0.1) is 0 Å². The highest BCUT2D eigenvalue weighted by molar-refractivity contribution is 5.94. The van der Waals surface area contributed by atoms with Crippen molar-refractivity contribution in [3.05, 3.63) is 59.7 Å². The molecule has 2 saturated heterocycles. The topological polar surface area (TPSA) is 36.0 Å². The van der Waals surface area contributed by atoms with Gasteiger partial charge in [-0.1, -0.05) is 24.3 Å². The number of carbonyl (C=O) groups excluding carboxylic acids is 1. The number of hydrogen-bond donors (Lipinski definition) is 0. The van der Waals surface area contributed by atoms with E-state index < -0.39 is 0 Å². The summed E-state index contributed by atoms with van der Waals surface area (Å²) in [6.07, 6.45) is 3.66. The van der Waals surface area contributed by atoms with Gasteiger partial charge in [0.15, 0.2) is 0 Å². The lowest BCUT2D eigenvalue weighted by molar-refractivity contribution is 0.0724. The molecule has 5 nitrogen and oxygen atoms in total. The van der Waals surface area contributed by atoms with Crippen molar-refractivity contribution in [3.8, 4) is 5.75 Å². The number of hydrogen-bond acceptors (Lipinski definition) is 4. The molecule has 2 aromatic rings. The van der Waals surface area contributed by atoms with Crippen molar-refractivity contribution >= 4 is 24.0 Å². The first-order valence-electron chi connectivity index (χ1n) is 11.7. The molecule has 2 heterocycles. The molecule has 0 aromatic heterocycles. The molecule has 2 fully saturated rings. The molecule has 2 aromatic carbocycles. The lowest BCUT2D eigenvalue weighted by Gasteiger charge is -2.37. The molecule has 0 bridgehead atoms. The number of anilines is 1. The fourth-order valence-electron chi connectivity index (χ4n) is 4.56. The van der Waals surface area contributed by atoms with Gasteiger partial charge in [0.25, 0.3) is 5.91 Å². The Morgan fingerprint density at radius 1 is 0.906 bits per heavy atom. The molecule has 0 atom stereocenters. The number of rotatable bonds is 6. The number of nitrogens with zero attached hydrogens (tertiary/aromatic N) is 3. The Labute approximate surface area is 198 Å². The van der Waals surface area contributed by atoms with Crippen molar-refractivity contribution < 1.29 is 9.53 Å². The SMILES string of the molecule is CC(C)Oc1ccccc1N1CCN(Cc2cccc(C(=O)N3CCCCC3)c2)CC1.Cl. The van der Waals surface area contributed by atoms with Crippen molar-refractivity contribution in [2.45, 2.75) is 45.8 Å². The molecule has 4 rings (SSSR count). The number of benzene rings is 2. The summed E-state index contributed by atoms with van der Waals surface area (Å²) >= 11 is 0. The van der Waals surface area contributed by atoms with Crippen LogP contribution in [-0.2, 0) is 6.54 Å². The molecule has 0 spiro atoms. The summed E-state index contributed by atoms with van der Waals surface area (Å²) in [5, 5.41) is 0. The van der Waals surface area contributed by atoms with Crippen molar-refractivity contribution in [1.29, 1.82) is 0 Å². The fraction of sp³-hybridized carbons (Fsp3) is 0.500. The van der Waals surface area contributed by atoms with Crippen molar-refractivity contribution in [3.63, 3.8) is 0 Å². The lowest BCUT2D eigenvalue weighted by atomic mass is 10.1. The zero-order valence-corrected chi connectivity index (χ0v) is 20.2. The number of piperidine rings is 1. The molecular formula is C26H36ClN3O2. The molecule has 6 heteroatoms. The van der Waals surface area contributed by atoms with E-state index in [1.807, 2.05) is 23.1 Å². The van der Waals surface area contributed by atoms with Crippen LogP contribution in [0.3, 0.4) is 0 Å². The van der Waals surface area contributed by atoms with Crippen LogP contribution in [0.2, 0.25) is 0 Å². The first kappa shape index (κ1) is 24.4. The number of carbonyl (C=O) groups is 1. The second kappa shape index (κ2) is 11.6. The van der Waals surface area contributed by atoms with Crippen LogP contribution < -0.4 is 9.64 Å². The fourth-order valence-corrected chi connectivity index (χ4v) is 4.56. The molecule has 0 saturated carbocycles. The Morgan fingerprint density at radius 2 is 1.62 bits per heavy atom. The molecule has 0 aliphatic carbocycles. The standard InChI is InChI=1S/C26H35N3O2.ClH/c1-21(2)31-25-12-5-4-11-24(25)28-17-15-27(16-18-28)20-22-9-8-10-23(19-22)26(30)29-13-6-3-7-14-29;/h4-5,8-12,19,21H,3,6-7,13-18,20H2,1-2H3;1H. The summed E-state index contributed by atoms with van der Waals surface area (Å²) in [4.78, 5) is 19.8. The highest BCUT2D eigenvalue weighted by atomic mass is 35.5. The van der Waals surface area contributed by atoms with Crippen LogP contribution in [0.15, 0.2) is 48.5 Å². The summed E-state index contributed by atoms with van der Waals surface area (Å²) in [6, 6.07) is 16.6. The number of halogens is 1. The van der Waals surface area contributed by atoms with E-state index in [0.717, 1.165) is 70.0 Å². The normalized spacial score (nSPS) is 17.2. The number of likely N-dealkylation sites (tertiary alicyclic amines) is 1. The van der Waals surface area contributed by atoms with E-state index in [1.54, 1.807) is 0 Å². The van der Waals surface area contributed by atoms with Crippen molar-refractivity contribution in [2.75, 3.05) is 44.2 Å². The number of para-hydroxylation sites is 2. The van der Waals surface area contributed by atoms with Gasteiger partial charge in [0, 0.05) is 51.4 Å². The van der Waals surface area contributed by atoms with Crippen molar-refractivity contribution in [1.82, 2.24) is 9.80 Å². The minimum absolute atomic E-state index is 0. The smallest absolute Gasteiger partial charge is 0.253 e. The Balaban J connectivity index is 0.00000289. The second-order valence-electron chi connectivity index (χ2n) is 8.95. The Hall–Kier alpha value is -2.24. The van der Waals surface area contributed by atoms with Gasteiger partial charge in [0.05, 0.1) is 11.8 Å². The van der Waals surface area contributed by atoms with Gasteiger partial charge >= 0.3 is 0 Å². The van der Waals surface area contributed by atoms with E-state index in [4.69, 9.17) is 4.74 Å². The summed E-state index contributed by atoms with van der Waals surface area (Å²) in [5.41, 5.74) is 3.24. The van der Waals surface area contributed by atoms with E-state index >= 15 is 0 Å². The summed E-state index contributed by atoms with van der Waals surface area (Å²) < 4.78 is 6.02. The molecule has 0 N–H and O–H groups in total. The zero-order chi connectivity index (χ0) is 21.6. The third kappa shape index (κ3) is 6.17. The quantitative estimate of drug-likeness (QED) is 0.621. The Morgan fingerprint density at radius 3 is 2.34 bits per heavy atom. The maximum Gasteiger partial charge on any atom is 0.253 e. The minimum Gasteiger partial charge on any atom is -0.489 e. The first-order chi connectivity index (χ1) is 15.1. The molecular weight excluding hydrogens is 422 g/mol. The van der Waals surface area contributed by atoms with Gasteiger partial charge in [0.1, 0.15) is 5.75 Å². The summed E-state index contributed by atoms with van der Waals surface area (Å²) in [6.45, 7) is 10.8. The highest BCUT2D eigenvalue weighted by Gasteiger charge is 2.21. The van der Waals surface area contributed by atoms with E-state index in [0.29, 0.717) is 0 Å². The molecule has 174 valence electrons. The van der Waals surface area contributed by atoms with Gasteiger partial charge in [-0.15, -0.1) is 12.4 Å². The van der Waals surface area contributed by atoms with Crippen LogP contribution >= 0.6 is 12.4 Å². The van der Waals surface area contributed by atoms with Crippen LogP contribution in [0.1, 0.15) is 49.0 Å². The van der Waals surface area contributed by atoms with E-state index in [1.165, 1.54) is 17.7 Å². The van der Waals surface area contributed by atoms with Crippen LogP contribution in [-0.4, -0.2) is 61.1 Å². The van der Waals surface area contributed by atoms with Gasteiger partial charge in [-0.3, -0.25) is 9.69 Å². The first-order valence-corrected chi connectivity index (χ1v) is 11.7. The third-order valence-corrected chi connectivity index (χ3v) is 6.16. The average Bonchev–Trinajstić information content (AvgIpc) is 2.80. The predicted octanol–water partition coefficient (Wildman–Crippen LogP) is 4.84. The monoisotopic (exact) mass is 457 g/mol. The number of amides is 1. The summed E-state index contributed by atoms with van der Waals surface area (Å²) in [7, 11) is 0. The van der Waals surface area contributed by atoms with Gasteiger partial charge in [-0.2, -0.15) is 0 Å². The minimum atomic E-state index is 0. The van der Waals surface area contributed by atoms with E-state index in [2.05, 4.69) is 54.0 Å². The van der Waals surface area contributed by atoms with Gasteiger partial charge in [-0.25, -0.2) is 0 Å². The predicted molar refractivity (Wildman–Crippen MR) is 133 cm³/mol. The molecule has 0 unspecified atom stereocenters. The Bertz CT molecular complexity index is 875. The highest BCUT2D eigenvalue weighted by Crippen LogP contribution is 2.30. The zero-order valence-electron chi connectivity index (χ0n) is 19.3. The molecule has 0 radical (unpaired) electrons. The molecule has 2 aliphatic rings. The van der Waals surface area contributed by atoms with Gasteiger partial charge in [-0.05, 0) is 62.9 Å². The largest absolute Gasteiger partial charge is 0.489 e. The molecule has 32 heavy (non-hydrogen) atoms. The van der Waals surface area contributed by atoms with E-state index in [-0.39, 0.29) is 24.4 Å². The van der Waals surface area contributed by atoms with Gasteiger partial charge in [0.2, 0.25) is 0 Å². The molecule has 1 amide bonds. The number of piperazine rings is 1. The third-order valence-electron chi connectivity index (χ3n) is 6.16. The second-order valence-corrected chi connectivity index (χ2v) is 8.95. The van der Waals surface area contributed by atoms with Crippen molar-refractivity contribution in [2.24, 2.45) is 0 Å². The van der Waals surface area contributed by atoms with Crippen LogP contribution in [0.4, 0.5) is 5.69 Å². The molecule has 2 aliphatic heterocycles. The van der Waals surface area contributed by atoms with Crippen LogP contribution in [0.5, 0.6) is 5.75 Å². The Kier molecular flexibility index (Phi) is 8.83. The maximum absolute atomic E-state index is 12.8. The van der Waals surface area contributed by atoms with Gasteiger partial charge < -0.3 is 14.5 Å². The maximum atomic E-state index is 12.8. The van der Waals surface area contributed by atoms with Crippen LogP contribution in [0.25, 0.3) is 0 Å². The number of ether oxygens (including phenoxy) is 1. The average molecular weight is 458 g/mol. The lowest BCUT2D eigenvalue weighted by Crippen LogP contribution is -2.46.